The number of ether oxygens (including phenoxy) is 2. The van der Waals surface area contributed by atoms with Gasteiger partial charge in [-0.3, -0.25) is 14.9 Å². The number of anilines is 1. The molecule has 0 saturated carbocycles. The summed E-state index contributed by atoms with van der Waals surface area (Å²) < 4.78 is 11.4. The molecular formula is C23H22N2O5. The smallest absolute Gasteiger partial charge is 0.311 e. The second-order valence-electron chi connectivity index (χ2n) is 6.56. The van der Waals surface area contributed by atoms with E-state index in [0.717, 1.165) is 5.56 Å². The number of benzene rings is 3. The summed E-state index contributed by atoms with van der Waals surface area (Å²) >= 11 is 0. The average Bonchev–Trinajstić information content (AvgIpc) is 2.74. The van der Waals surface area contributed by atoms with Crippen LogP contribution < -0.4 is 14.8 Å². The maximum Gasteiger partial charge on any atom is 0.311 e. The maximum absolute atomic E-state index is 13.2. The molecule has 3 aromatic carbocycles. The number of hydrogen-bond donors (Lipinski definition) is 1. The summed E-state index contributed by atoms with van der Waals surface area (Å²) in [6, 6.07) is 20.5. The van der Waals surface area contributed by atoms with Crippen molar-refractivity contribution in [2.75, 3.05) is 11.9 Å². The van der Waals surface area contributed by atoms with Gasteiger partial charge in [0.1, 0.15) is 5.75 Å². The first-order chi connectivity index (χ1) is 14.5. The predicted molar refractivity (Wildman–Crippen MR) is 114 cm³/mol. The lowest BCUT2D eigenvalue weighted by atomic mass is 10.1. The molecule has 1 atom stereocenters. The molecule has 0 heterocycles. The normalized spacial score (nSPS) is 11.4. The van der Waals surface area contributed by atoms with E-state index < -0.39 is 16.9 Å². The van der Waals surface area contributed by atoms with E-state index in [1.807, 2.05) is 19.1 Å². The van der Waals surface area contributed by atoms with Crippen LogP contribution in [0.3, 0.4) is 0 Å². The Kier molecular flexibility index (Phi) is 6.64. The average molecular weight is 406 g/mol. The Morgan fingerprint density at radius 2 is 1.73 bits per heavy atom. The summed E-state index contributed by atoms with van der Waals surface area (Å²) in [6.07, 6.45) is -1.10. The molecule has 0 bridgehead atoms. The number of carbonyl (C=O) groups excluding carboxylic acids is 1. The molecule has 3 aromatic rings. The van der Waals surface area contributed by atoms with Crippen LogP contribution in [-0.4, -0.2) is 17.4 Å². The van der Waals surface area contributed by atoms with Gasteiger partial charge in [-0.25, -0.2) is 0 Å². The zero-order chi connectivity index (χ0) is 21.5. The fraction of sp³-hybridized carbons (Fsp3) is 0.174. The van der Waals surface area contributed by atoms with Gasteiger partial charge in [-0.05, 0) is 37.6 Å². The van der Waals surface area contributed by atoms with E-state index in [1.54, 1.807) is 55.5 Å². The molecule has 7 nitrogen and oxygen atoms in total. The van der Waals surface area contributed by atoms with Crippen LogP contribution in [0.25, 0.3) is 0 Å². The molecule has 0 unspecified atom stereocenters. The van der Waals surface area contributed by atoms with Gasteiger partial charge in [-0.2, -0.15) is 0 Å². The Labute approximate surface area is 174 Å². The van der Waals surface area contributed by atoms with Crippen LogP contribution in [0.15, 0.2) is 72.8 Å². The Bertz CT molecular complexity index is 1040. The fourth-order valence-corrected chi connectivity index (χ4v) is 2.95. The van der Waals surface area contributed by atoms with Gasteiger partial charge < -0.3 is 14.8 Å². The van der Waals surface area contributed by atoms with E-state index in [4.69, 9.17) is 9.47 Å². The largest absolute Gasteiger partial charge is 0.492 e. The van der Waals surface area contributed by atoms with Crippen molar-refractivity contribution in [3.63, 3.8) is 0 Å². The van der Waals surface area contributed by atoms with Gasteiger partial charge in [0.15, 0.2) is 5.75 Å². The highest BCUT2D eigenvalue weighted by Gasteiger charge is 2.27. The summed E-state index contributed by atoms with van der Waals surface area (Å²) in [4.78, 5) is 24.1. The van der Waals surface area contributed by atoms with Crippen LogP contribution in [0.4, 0.5) is 11.4 Å². The first-order valence-corrected chi connectivity index (χ1v) is 9.49. The molecule has 0 spiro atoms. The lowest BCUT2D eigenvalue weighted by molar-refractivity contribution is -0.386. The van der Waals surface area contributed by atoms with Crippen molar-refractivity contribution in [3.8, 4) is 11.5 Å². The van der Waals surface area contributed by atoms with Crippen molar-refractivity contribution in [1.29, 1.82) is 0 Å². The van der Waals surface area contributed by atoms with Gasteiger partial charge in [-0.15, -0.1) is 0 Å². The number of nitro benzene ring substituents is 1. The van der Waals surface area contributed by atoms with Crippen molar-refractivity contribution in [3.05, 3.63) is 94.0 Å². The number of hydrogen-bond acceptors (Lipinski definition) is 5. The van der Waals surface area contributed by atoms with Crippen LogP contribution >= 0.6 is 0 Å². The van der Waals surface area contributed by atoms with Crippen molar-refractivity contribution in [1.82, 2.24) is 0 Å². The topological polar surface area (TPSA) is 90.7 Å². The first-order valence-electron chi connectivity index (χ1n) is 9.49. The quantitative estimate of drug-likeness (QED) is 0.417. The van der Waals surface area contributed by atoms with E-state index in [0.29, 0.717) is 23.6 Å². The van der Waals surface area contributed by atoms with Crippen molar-refractivity contribution in [2.24, 2.45) is 0 Å². The summed E-state index contributed by atoms with van der Waals surface area (Å²) in [5.41, 5.74) is 1.59. The van der Waals surface area contributed by atoms with Crippen LogP contribution in [0.2, 0.25) is 0 Å². The van der Waals surface area contributed by atoms with Gasteiger partial charge in [-0.1, -0.05) is 48.5 Å². The fourth-order valence-electron chi connectivity index (χ4n) is 2.95. The molecule has 0 radical (unpaired) electrons. The monoisotopic (exact) mass is 406 g/mol. The second kappa shape index (κ2) is 9.56. The Balaban J connectivity index is 1.95. The lowest BCUT2D eigenvalue weighted by Crippen LogP contribution is -2.26. The number of nitrogens with zero attached hydrogens (tertiary/aromatic N) is 1. The van der Waals surface area contributed by atoms with E-state index in [2.05, 4.69) is 5.32 Å². The highest BCUT2D eigenvalue weighted by Crippen LogP contribution is 2.33. The van der Waals surface area contributed by atoms with E-state index in [1.165, 1.54) is 12.1 Å². The molecule has 0 aromatic heterocycles. The summed E-state index contributed by atoms with van der Waals surface area (Å²) in [7, 11) is 0. The number of carbonyl (C=O) groups is 1. The van der Waals surface area contributed by atoms with Crippen molar-refractivity contribution >= 4 is 17.3 Å². The number of nitro groups is 1. The summed E-state index contributed by atoms with van der Waals surface area (Å²) in [6.45, 7) is 4.05. The Morgan fingerprint density at radius 1 is 1.03 bits per heavy atom. The van der Waals surface area contributed by atoms with Crippen molar-refractivity contribution < 1.29 is 19.2 Å². The molecule has 1 N–H and O–H groups in total. The maximum atomic E-state index is 13.2. The predicted octanol–water partition coefficient (Wildman–Crippen LogP) is 5.06. The highest BCUT2D eigenvalue weighted by atomic mass is 16.6. The van der Waals surface area contributed by atoms with Crippen LogP contribution in [0.5, 0.6) is 11.5 Å². The van der Waals surface area contributed by atoms with E-state index in [9.17, 15) is 14.9 Å². The summed E-state index contributed by atoms with van der Waals surface area (Å²) in [5.74, 6) is 0.0809. The van der Waals surface area contributed by atoms with Gasteiger partial charge in [0.05, 0.1) is 17.2 Å². The molecule has 7 heteroatoms. The minimum atomic E-state index is -1.10. The molecule has 0 fully saturated rings. The molecule has 154 valence electrons. The van der Waals surface area contributed by atoms with Crippen LogP contribution in [0, 0.1) is 17.0 Å². The molecular weight excluding hydrogens is 384 g/mol. The number of amides is 1. The molecule has 0 aliphatic rings. The third-order valence-electron chi connectivity index (χ3n) is 4.34. The molecule has 0 saturated heterocycles. The number of aryl methyl sites for hydroxylation is 1. The van der Waals surface area contributed by atoms with Crippen LogP contribution in [-0.2, 0) is 4.79 Å². The molecule has 30 heavy (non-hydrogen) atoms. The second-order valence-corrected chi connectivity index (χ2v) is 6.56. The minimum Gasteiger partial charge on any atom is -0.492 e. The van der Waals surface area contributed by atoms with Gasteiger partial charge in [0, 0.05) is 11.6 Å². The summed E-state index contributed by atoms with van der Waals surface area (Å²) in [5, 5.41) is 14.3. The lowest BCUT2D eigenvalue weighted by Gasteiger charge is -2.20. The molecule has 1 amide bonds. The Hall–Kier alpha value is -3.87. The standard InChI is InChI=1S/C23H22N2O5/c1-3-29-20-12-8-7-11-18(20)24-23(26)22(17-9-5-4-6-10-17)30-21-14-13-16(2)15-19(21)25(27)28/h4-15,22H,3H2,1-2H3,(H,24,26)/t22-/m0/s1. The Morgan fingerprint density at radius 3 is 2.43 bits per heavy atom. The van der Waals surface area contributed by atoms with Gasteiger partial charge in [0.25, 0.3) is 5.91 Å². The minimum absolute atomic E-state index is 0.0210. The third-order valence-corrected chi connectivity index (χ3v) is 4.34. The SMILES string of the molecule is CCOc1ccccc1NC(=O)[C@@H](Oc1ccc(C)cc1[N+](=O)[O-])c1ccccc1. The molecule has 3 rings (SSSR count). The van der Waals surface area contributed by atoms with Gasteiger partial charge in [0.2, 0.25) is 6.10 Å². The zero-order valence-corrected chi connectivity index (χ0v) is 16.7. The van der Waals surface area contributed by atoms with Crippen LogP contribution in [0.1, 0.15) is 24.2 Å². The van der Waals surface area contributed by atoms with Crippen molar-refractivity contribution in [2.45, 2.75) is 20.0 Å². The first kappa shape index (κ1) is 20.9. The molecule has 0 aliphatic heterocycles. The number of para-hydroxylation sites is 2. The zero-order valence-electron chi connectivity index (χ0n) is 16.7. The number of rotatable bonds is 8. The highest BCUT2D eigenvalue weighted by molar-refractivity contribution is 5.96. The third kappa shape index (κ3) is 4.94. The van der Waals surface area contributed by atoms with E-state index in [-0.39, 0.29) is 11.4 Å². The molecule has 0 aliphatic carbocycles. The number of nitrogens with one attached hydrogen (secondary N) is 1. The van der Waals surface area contributed by atoms with E-state index >= 15 is 0 Å². The van der Waals surface area contributed by atoms with Gasteiger partial charge >= 0.3 is 5.69 Å².